The van der Waals surface area contributed by atoms with Crippen LogP contribution in [0.3, 0.4) is 0 Å². The Labute approximate surface area is 124 Å². The molecular formula is C14H20N2O3S. The molecule has 0 radical (unpaired) electrons. The van der Waals surface area contributed by atoms with Crippen LogP contribution in [0, 0.1) is 0 Å². The highest BCUT2D eigenvalue weighted by molar-refractivity contribution is 7.80. The first kappa shape index (κ1) is 16.2. The Kier molecular flexibility index (Phi) is 6.24. The minimum Gasteiger partial charge on any atom is -0.496 e. The van der Waals surface area contributed by atoms with Crippen molar-refractivity contribution in [1.29, 1.82) is 0 Å². The zero-order valence-corrected chi connectivity index (χ0v) is 12.8. The summed E-state index contributed by atoms with van der Waals surface area (Å²) in [6, 6.07) is 4.82. The summed E-state index contributed by atoms with van der Waals surface area (Å²) in [5, 5.41) is 2.82. The van der Waals surface area contributed by atoms with E-state index in [2.05, 4.69) is 5.32 Å². The monoisotopic (exact) mass is 296 g/mol. The van der Waals surface area contributed by atoms with E-state index in [1.54, 1.807) is 18.2 Å². The summed E-state index contributed by atoms with van der Waals surface area (Å²) in [4.78, 5) is 12.7. The fraction of sp³-hybridized carbons (Fsp3) is 0.429. The average Bonchev–Trinajstić information content (AvgIpc) is 2.45. The standard InChI is InChI=1S/C14H20N2O3S/c1-4-6-9(13(15)20)16-14(17)12-10(18-2)7-5-8-11(12)19-3/h5,7-9H,4,6H2,1-3H3,(H2,15,20)(H,16,17). The van der Waals surface area contributed by atoms with E-state index < -0.39 is 0 Å². The van der Waals surface area contributed by atoms with Gasteiger partial charge in [0.1, 0.15) is 17.1 Å². The van der Waals surface area contributed by atoms with Crippen LogP contribution in [0.4, 0.5) is 0 Å². The first-order valence-corrected chi connectivity index (χ1v) is 6.77. The number of rotatable bonds is 7. The molecule has 0 fully saturated rings. The Morgan fingerprint density at radius 2 is 1.90 bits per heavy atom. The van der Waals surface area contributed by atoms with Crippen LogP contribution in [0.15, 0.2) is 18.2 Å². The lowest BCUT2D eigenvalue weighted by Gasteiger charge is -2.18. The summed E-state index contributed by atoms with van der Waals surface area (Å²) in [5.41, 5.74) is 5.99. The van der Waals surface area contributed by atoms with Gasteiger partial charge in [0.2, 0.25) is 0 Å². The molecule has 0 bridgehead atoms. The Morgan fingerprint density at radius 1 is 1.35 bits per heavy atom. The fourth-order valence-corrected chi connectivity index (χ4v) is 2.06. The van der Waals surface area contributed by atoms with Gasteiger partial charge in [-0.2, -0.15) is 0 Å². The lowest BCUT2D eigenvalue weighted by atomic mass is 10.1. The SMILES string of the molecule is CCCC(NC(=O)c1c(OC)cccc1OC)C(N)=S. The van der Waals surface area contributed by atoms with Crippen LogP contribution in [0.5, 0.6) is 11.5 Å². The van der Waals surface area contributed by atoms with Gasteiger partial charge < -0.3 is 20.5 Å². The van der Waals surface area contributed by atoms with Crippen molar-refractivity contribution < 1.29 is 14.3 Å². The zero-order valence-electron chi connectivity index (χ0n) is 11.9. The van der Waals surface area contributed by atoms with Crippen molar-refractivity contribution >= 4 is 23.1 Å². The molecule has 0 heterocycles. The van der Waals surface area contributed by atoms with Crippen molar-refractivity contribution in [1.82, 2.24) is 5.32 Å². The highest BCUT2D eigenvalue weighted by atomic mass is 32.1. The van der Waals surface area contributed by atoms with Crippen LogP contribution in [0.2, 0.25) is 0 Å². The van der Waals surface area contributed by atoms with Crippen molar-refractivity contribution in [3.63, 3.8) is 0 Å². The number of ether oxygens (including phenoxy) is 2. The number of nitrogens with two attached hydrogens (primary N) is 1. The number of carbonyl (C=O) groups is 1. The maximum atomic E-state index is 12.4. The molecule has 1 aromatic rings. The molecule has 0 aliphatic carbocycles. The van der Waals surface area contributed by atoms with E-state index >= 15 is 0 Å². The molecule has 0 spiro atoms. The molecule has 0 aliphatic heterocycles. The third-order valence-electron chi connectivity index (χ3n) is 2.88. The van der Waals surface area contributed by atoms with Crippen molar-refractivity contribution in [2.45, 2.75) is 25.8 Å². The van der Waals surface area contributed by atoms with Crippen LogP contribution in [-0.2, 0) is 0 Å². The van der Waals surface area contributed by atoms with E-state index in [4.69, 9.17) is 27.4 Å². The Bertz CT molecular complexity index is 469. The number of carbonyl (C=O) groups excluding carboxylic acids is 1. The molecule has 1 atom stereocenters. The summed E-state index contributed by atoms with van der Waals surface area (Å²) < 4.78 is 10.4. The highest BCUT2D eigenvalue weighted by Crippen LogP contribution is 2.28. The number of methoxy groups -OCH3 is 2. The summed E-state index contributed by atoms with van der Waals surface area (Å²) in [7, 11) is 3.01. The number of amides is 1. The molecule has 1 amide bonds. The quantitative estimate of drug-likeness (QED) is 0.752. The number of benzene rings is 1. The van der Waals surface area contributed by atoms with E-state index in [0.717, 1.165) is 6.42 Å². The van der Waals surface area contributed by atoms with Gasteiger partial charge in [-0.15, -0.1) is 0 Å². The first-order chi connectivity index (χ1) is 9.54. The first-order valence-electron chi connectivity index (χ1n) is 6.36. The number of thiocarbonyl (C=S) groups is 1. The summed E-state index contributed by atoms with van der Waals surface area (Å²) >= 11 is 4.97. The van der Waals surface area contributed by atoms with Gasteiger partial charge in [0.15, 0.2) is 0 Å². The maximum absolute atomic E-state index is 12.4. The molecule has 5 nitrogen and oxygen atoms in total. The van der Waals surface area contributed by atoms with Gasteiger partial charge in [-0.05, 0) is 18.6 Å². The van der Waals surface area contributed by atoms with Crippen LogP contribution in [0.1, 0.15) is 30.1 Å². The largest absolute Gasteiger partial charge is 0.496 e. The summed E-state index contributed by atoms with van der Waals surface area (Å²) in [5.74, 6) is 0.575. The molecular weight excluding hydrogens is 276 g/mol. The summed E-state index contributed by atoms with van der Waals surface area (Å²) in [6.07, 6.45) is 1.56. The van der Waals surface area contributed by atoms with E-state index in [-0.39, 0.29) is 16.9 Å². The van der Waals surface area contributed by atoms with Gasteiger partial charge >= 0.3 is 0 Å². The molecule has 1 unspecified atom stereocenters. The number of hydrogen-bond acceptors (Lipinski definition) is 4. The van der Waals surface area contributed by atoms with E-state index in [9.17, 15) is 4.79 Å². The van der Waals surface area contributed by atoms with Crippen LogP contribution in [-0.4, -0.2) is 31.2 Å². The van der Waals surface area contributed by atoms with Crippen molar-refractivity contribution in [2.75, 3.05) is 14.2 Å². The maximum Gasteiger partial charge on any atom is 0.259 e. The van der Waals surface area contributed by atoms with Crippen LogP contribution >= 0.6 is 12.2 Å². The fourth-order valence-electron chi connectivity index (χ4n) is 1.88. The lowest BCUT2D eigenvalue weighted by Crippen LogP contribution is -2.43. The summed E-state index contributed by atoms with van der Waals surface area (Å²) in [6.45, 7) is 2.00. The molecule has 0 saturated carbocycles. The van der Waals surface area contributed by atoms with Gasteiger partial charge in [-0.25, -0.2) is 0 Å². The molecule has 110 valence electrons. The Balaban J connectivity index is 3.04. The topological polar surface area (TPSA) is 73.6 Å². The van der Waals surface area contributed by atoms with Crippen molar-refractivity contribution in [3.05, 3.63) is 23.8 Å². The molecule has 20 heavy (non-hydrogen) atoms. The minimum absolute atomic E-state index is 0.272. The normalized spacial score (nSPS) is 11.6. The molecule has 0 aliphatic rings. The average molecular weight is 296 g/mol. The lowest BCUT2D eigenvalue weighted by molar-refractivity contribution is 0.0939. The molecule has 0 saturated heterocycles. The molecule has 1 aromatic carbocycles. The zero-order chi connectivity index (χ0) is 15.1. The van der Waals surface area contributed by atoms with Gasteiger partial charge in [-0.1, -0.05) is 31.6 Å². The predicted molar refractivity (Wildman–Crippen MR) is 82.5 cm³/mol. The number of nitrogens with one attached hydrogen (secondary N) is 1. The van der Waals surface area contributed by atoms with Gasteiger partial charge in [0, 0.05) is 0 Å². The molecule has 6 heteroatoms. The third-order valence-corrected chi connectivity index (χ3v) is 3.17. The van der Waals surface area contributed by atoms with E-state index in [1.165, 1.54) is 14.2 Å². The third kappa shape index (κ3) is 3.84. The second-order valence-corrected chi connectivity index (χ2v) is 4.73. The molecule has 3 N–H and O–H groups in total. The van der Waals surface area contributed by atoms with E-state index in [1.807, 2.05) is 6.92 Å². The predicted octanol–water partition coefficient (Wildman–Crippen LogP) is 1.89. The molecule has 1 rings (SSSR count). The van der Waals surface area contributed by atoms with Crippen LogP contribution in [0.25, 0.3) is 0 Å². The van der Waals surface area contributed by atoms with Crippen molar-refractivity contribution in [3.8, 4) is 11.5 Å². The smallest absolute Gasteiger partial charge is 0.259 e. The van der Waals surface area contributed by atoms with Gasteiger partial charge in [-0.3, -0.25) is 4.79 Å². The second kappa shape index (κ2) is 7.69. The van der Waals surface area contributed by atoms with Gasteiger partial charge in [0.05, 0.1) is 25.2 Å². The second-order valence-electron chi connectivity index (χ2n) is 4.25. The highest BCUT2D eigenvalue weighted by Gasteiger charge is 2.21. The van der Waals surface area contributed by atoms with Crippen LogP contribution < -0.4 is 20.5 Å². The Hall–Kier alpha value is -1.82. The van der Waals surface area contributed by atoms with E-state index in [0.29, 0.717) is 23.5 Å². The van der Waals surface area contributed by atoms with Crippen molar-refractivity contribution in [2.24, 2.45) is 5.73 Å². The minimum atomic E-state index is -0.336. The molecule has 0 aromatic heterocycles. The Morgan fingerprint density at radius 3 is 2.30 bits per heavy atom. The van der Waals surface area contributed by atoms with Gasteiger partial charge in [0.25, 0.3) is 5.91 Å². The number of hydrogen-bond donors (Lipinski definition) is 2.